The van der Waals surface area contributed by atoms with Crippen LogP contribution < -0.4 is 10.9 Å². The minimum atomic E-state index is 0.404. The summed E-state index contributed by atoms with van der Waals surface area (Å²) in [4.78, 5) is 0. The van der Waals surface area contributed by atoms with Crippen LogP contribution in [0.3, 0.4) is 0 Å². The predicted octanol–water partition coefficient (Wildman–Crippen LogP) is 1.87. The first-order chi connectivity index (χ1) is 5.86. The molecule has 1 aliphatic rings. The van der Waals surface area contributed by atoms with Gasteiger partial charge < -0.3 is 0 Å². The Morgan fingerprint density at radius 1 is 1.17 bits per heavy atom. The van der Waals surface area contributed by atoms with E-state index < -0.39 is 0 Å². The molecule has 0 bridgehead atoms. The number of rotatable bonds is 1. The summed E-state index contributed by atoms with van der Waals surface area (Å²) < 4.78 is 0. The number of hydrogen-bond acceptors (Lipinski definition) is 3. The van der Waals surface area contributed by atoms with Crippen LogP contribution in [0.4, 0.5) is 0 Å². The van der Waals surface area contributed by atoms with Gasteiger partial charge in [-0.2, -0.15) is 0 Å². The maximum atomic E-state index is 3.24. The molecule has 0 aromatic heterocycles. The van der Waals surface area contributed by atoms with Gasteiger partial charge in [0.25, 0.3) is 0 Å². The van der Waals surface area contributed by atoms with Crippen LogP contribution in [0.5, 0.6) is 0 Å². The highest BCUT2D eigenvalue weighted by Gasteiger charge is 2.21. The average molecular weight is 180 g/mol. The van der Waals surface area contributed by atoms with Crippen molar-refractivity contribution in [3.05, 3.63) is 35.9 Å². The Kier molecular flexibility index (Phi) is 2.35. The number of hydrogen-bond donors (Lipinski definition) is 2. The van der Waals surface area contributed by atoms with Crippen LogP contribution in [-0.2, 0) is 0 Å². The van der Waals surface area contributed by atoms with Crippen LogP contribution in [0, 0.1) is 0 Å². The van der Waals surface area contributed by atoms with E-state index in [4.69, 9.17) is 0 Å². The Labute approximate surface area is 76.7 Å². The minimum Gasteiger partial charge on any atom is -0.244 e. The first kappa shape index (κ1) is 8.10. The topological polar surface area (TPSA) is 24.1 Å². The Hall–Kier alpha value is -0.510. The summed E-state index contributed by atoms with van der Waals surface area (Å²) in [6.45, 7) is 2.15. The average Bonchev–Trinajstić information content (AvgIpc) is 2.54. The van der Waals surface area contributed by atoms with Gasteiger partial charge in [0.15, 0.2) is 0 Å². The number of benzene rings is 1. The smallest absolute Gasteiger partial charge is 0.0932 e. The molecule has 1 saturated heterocycles. The van der Waals surface area contributed by atoms with E-state index in [1.807, 2.05) is 17.8 Å². The van der Waals surface area contributed by atoms with Crippen molar-refractivity contribution in [2.45, 2.75) is 17.7 Å². The minimum absolute atomic E-state index is 0.404. The van der Waals surface area contributed by atoms with Gasteiger partial charge in [-0.3, -0.25) is 0 Å². The number of hydrazine groups is 1. The van der Waals surface area contributed by atoms with E-state index >= 15 is 0 Å². The maximum Gasteiger partial charge on any atom is 0.0932 e. The molecule has 0 aliphatic carbocycles. The van der Waals surface area contributed by atoms with Gasteiger partial charge >= 0.3 is 0 Å². The lowest BCUT2D eigenvalue weighted by Gasteiger charge is -2.07. The van der Waals surface area contributed by atoms with E-state index in [9.17, 15) is 0 Å². The second-order valence-electron chi connectivity index (χ2n) is 2.86. The summed E-state index contributed by atoms with van der Waals surface area (Å²) in [5.74, 6) is 0. The van der Waals surface area contributed by atoms with Gasteiger partial charge in [0.1, 0.15) is 0 Å². The summed E-state index contributed by atoms with van der Waals surface area (Å²) in [6, 6.07) is 10.5. The molecule has 2 unspecified atom stereocenters. The van der Waals surface area contributed by atoms with Crippen molar-refractivity contribution < 1.29 is 0 Å². The Morgan fingerprint density at radius 3 is 2.50 bits per heavy atom. The molecule has 0 radical (unpaired) electrons. The molecule has 1 heterocycles. The summed E-state index contributed by atoms with van der Waals surface area (Å²) in [5, 5.41) is 0.899. The fourth-order valence-corrected chi connectivity index (χ4v) is 2.25. The molecule has 3 heteroatoms. The molecule has 0 saturated carbocycles. The summed E-state index contributed by atoms with van der Waals surface area (Å²) in [7, 11) is 0. The summed E-state index contributed by atoms with van der Waals surface area (Å²) in [6.07, 6.45) is 0. The van der Waals surface area contributed by atoms with Crippen molar-refractivity contribution in [2.24, 2.45) is 0 Å². The van der Waals surface area contributed by atoms with Crippen LogP contribution in [0.15, 0.2) is 30.3 Å². The highest BCUT2D eigenvalue weighted by molar-refractivity contribution is 8.00. The van der Waals surface area contributed by atoms with Gasteiger partial charge in [-0.05, 0) is 12.5 Å². The van der Waals surface area contributed by atoms with Gasteiger partial charge in [-0.15, -0.1) is 11.8 Å². The van der Waals surface area contributed by atoms with Gasteiger partial charge in [0.05, 0.1) is 10.7 Å². The number of thioether (sulfide) groups is 1. The molecule has 0 spiro atoms. The SMILES string of the molecule is CC1NNC(c2ccccc2)S1. The number of nitrogens with one attached hydrogen (secondary N) is 2. The summed E-state index contributed by atoms with van der Waals surface area (Å²) in [5.41, 5.74) is 7.75. The zero-order valence-corrected chi connectivity index (χ0v) is 7.77. The molecule has 64 valence electrons. The van der Waals surface area contributed by atoms with Crippen LogP contribution in [0.25, 0.3) is 0 Å². The normalized spacial score (nSPS) is 29.1. The first-order valence-corrected chi connectivity index (χ1v) is 5.02. The Bertz CT molecular complexity index is 250. The van der Waals surface area contributed by atoms with Crippen molar-refractivity contribution >= 4 is 11.8 Å². The third-order valence-corrected chi connectivity index (χ3v) is 3.05. The highest BCUT2D eigenvalue weighted by Crippen LogP contribution is 2.31. The summed E-state index contributed by atoms with van der Waals surface area (Å²) >= 11 is 1.90. The highest BCUT2D eigenvalue weighted by atomic mass is 32.2. The van der Waals surface area contributed by atoms with E-state index in [0.717, 1.165) is 0 Å². The van der Waals surface area contributed by atoms with Gasteiger partial charge in [0.2, 0.25) is 0 Å². The lowest BCUT2D eigenvalue weighted by Crippen LogP contribution is -2.28. The molecule has 1 aliphatic heterocycles. The van der Waals surface area contributed by atoms with Gasteiger partial charge in [0, 0.05) is 0 Å². The van der Waals surface area contributed by atoms with Crippen LogP contribution in [-0.4, -0.2) is 5.37 Å². The molecule has 1 aromatic rings. The molecule has 12 heavy (non-hydrogen) atoms. The standard InChI is InChI=1S/C9H12N2S/c1-7-10-11-9(12-7)8-5-3-2-4-6-8/h2-7,9-11H,1H3. The van der Waals surface area contributed by atoms with Crippen molar-refractivity contribution in [2.75, 3.05) is 0 Å². The zero-order valence-electron chi connectivity index (χ0n) is 6.95. The van der Waals surface area contributed by atoms with E-state index in [1.54, 1.807) is 0 Å². The van der Waals surface area contributed by atoms with Gasteiger partial charge in [-0.25, -0.2) is 10.9 Å². The van der Waals surface area contributed by atoms with Crippen molar-refractivity contribution in [3.8, 4) is 0 Å². The molecule has 2 nitrogen and oxygen atoms in total. The zero-order chi connectivity index (χ0) is 8.39. The van der Waals surface area contributed by atoms with E-state index in [0.29, 0.717) is 10.7 Å². The van der Waals surface area contributed by atoms with Gasteiger partial charge in [-0.1, -0.05) is 30.3 Å². The monoisotopic (exact) mass is 180 g/mol. The van der Waals surface area contributed by atoms with Crippen LogP contribution in [0.2, 0.25) is 0 Å². The lowest BCUT2D eigenvalue weighted by molar-refractivity contribution is 0.561. The molecule has 2 N–H and O–H groups in total. The van der Waals surface area contributed by atoms with Crippen LogP contribution in [0.1, 0.15) is 17.9 Å². The Morgan fingerprint density at radius 2 is 1.92 bits per heavy atom. The van der Waals surface area contributed by atoms with Crippen LogP contribution >= 0.6 is 11.8 Å². The molecule has 2 rings (SSSR count). The first-order valence-electron chi connectivity index (χ1n) is 4.08. The fraction of sp³-hybridized carbons (Fsp3) is 0.333. The maximum absolute atomic E-state index is 3.24. The van der Waals surface area contributed by atoms with Crippen molar-refractivity contribution in [1.82, 2.24) is 10.9 Å². The van der Waals surface area contributed by atoms with Crippen molar-refractivity contribution in [3.63, 3.8) is 0 Å². The van der Waals surface area contributed by atoms with E-state index in [1.165, 1.54) is 5.56 Å². The molecular weight excluding hydrogens is 168 g/mol. The van der Waals surface area contributed by atoms with E-state index in [-0.39, 0.29) is 0 Å². The Balaban J connectivity index is 2.11. The lowest BCUT2D eigenvalue weighted by atomic mass is 10.2. The largest absolute Gasteiger partial charge is 0.244 e. The molecule has 2 atom stereocenters. The quantitative estimate of drug-likeness (QED) is 0.690. The second kappa shape index (κ2) is 3.47. The molecular formula is C9H12N2S. The predicted molar refractivity (Wildman–Crippen MR) is 52.5 cm³/mol. The molecule has 1 aromatic carbocycles. The fourth-order valence-electron chi connectivity index (χ4n) is 1.25. The third kappa shape index (κ3) is 1.63. The molecule has 0 amide bonds. The third-order valence-electron chi connectivity index (χ3n) is 1.86. The van der Waals surface area contributed by atoms with Crippen molar-refractivity contribution in [1.29, 1.82) is 0 Å². The second-order valence-corrected chi connectivity index (χ2v) is 4.31. The van der Waals surface area contributed by atoms with E-state index in [2.05, 4.69) is 42.0 Å². The molecule has 1 fully saturated rings.